The molecule has 1 amide bonds. The number of carbonyl (C=O) groups excluding carboxylic acids is 2. The zero-order chi connectivity index (χ0) is 15.8. The van der Waals surface area contributed by atoms with E-state index in [4.69, 9.17) is 4.74 Å². The highest BCUT2D eigenvalue weighted by Crippen LogP contribution is 2.11. The summed E-state index contributed by atoms with van der Waals surface area (Å²) in [6, 6.07) is 9.89. The summed E-state index contributed by atoms with van der Waals surface area (Å²) < 4.78 is 5.06. The maximum absolute atomic E-state index is 12.0. The lowest BCUT2D eigenvalue weighted by Crippen LogP contribution is -3.14. The second-order valence-corrected chi connectivity index (χ2v) is 5.72. The Morgan fingerprint density at radius 1 is 1.23 bits per heavy atom. The molecule has 0 atom stereocenters. The molecule has 2 rings (SSSR count). The molecule has 5 nitrogen and oxygen atoms in total. The molecule has 1 saturated heterocycles. The van der Waals surface area contributed by atoms with Gasteiger partial charge in [0.15, 0.2) is 6.54 Å². The average molecular weight is 305 g/mol. The molecular formula is C17H25N2O3+. The van der Waals surface area contributed by atoms with Crippen LogP contribution in [0.1, 0.15) is 25.3 Å². The third kappa shape index (κ3) is 5.15. The van der Waals surface area contributed by atoms with Crippen LogP contribution in [-0.2, 0) is 20.9 Å². The van der Waals surface area contributed by atoms with Crippen molar-refractivity contribution >= 4 is 11.9 Å². The summed E-state index contributed by atoms with van der Waals surface area (Å²) in [6.45, 7) is 5.01. The van der Waals surface area contributed by atoms with Gasteiger partial charge in [0.05, 0.1) is 25.6 Å². The third-order valence-electron chi connectivity index (χ3n) is 4.06. The van der Waals surface area contributed by atoms with Crippen molar-refractivity contribution in [3.8, 4) is 0 Å². The van der Waals surface area contributed by atoms with Crippen molar-refractivity contribution < 1.29 is 19.2 Å². The summed E-state index contributed by atoms with van der Waals surface area (Å²) in [7, 11) is 0. The Hall–Kier alpha value is -1.88. The molecule has 2 N–H and O–H groups in total. The highest BCUT2D eigenvalue weighted by molar-refractivity contribution is 5.76. The molecule has 22 heavy (non-hydrogen) atoms. The summed E-state index contributed by atoms with van der Waals surface area (Å²) in [5.41, 5.74) is 1.10. The minimum absolute atomic E-state index is 0.0103. The minimum atomic E-state index is -0.0879. The first-order valence-corrected chi connectivity index (χ1v) is 8.00. The molecule has 0 aliphatic carbocycles. The zero-order valence-electron chi connectivity index (χ0n) is 13.1. The largest absolute Gasteiger partial charge is 0.466 e. The van der Waals surface area contributed by atoms with E-state index in [-0.39, 0.29) is 17.8 Å². The number of esters is 1. The number of carbonyl (C=O) groups is 2. The topological polar surface area (TPSA) is 59.8 Å². The van der Waals surface area contributed by atoms with E-state index >= 15 is 0 Å². The van der Waals surface area contributed by atoms with Crippen LogP contribution in [0.2, 0.25) is 0 Å². The van der Waals surface area contributed by atoms with Crippen LogP contribution in [0.25, 0.3) is 0 Å². The van der Waals surface area contributed by atoms with E-state index in [2.05, 4.69) is 5.32 Å². The van der Waals surface area contributed by atoms with Crippen LogP contribution < -0.4 is 10.2 Å². The van der Waals surface area contributed by atoms with Gasteiger partial charge >= 0.3 is 5.97 Å². The summed E-state index contributed by atoms with van der Waals surface area (Å²) in [5, 5.41) is 2.95. The van der Waals surface area contributed by atoms with Gasteiger partial charge in [-0.3, -0.25) is 9.59 Å². The summed E-state index contributed by atoms with van der Waals surface area (Å²) >= 11 is 0. The normalized spacial score (nSPS) is 21.1. The average Bonchev–Trinajstić information content (AvgIpc) is 2.55. The van der Waals surface area contributed by atoms with Crippen molar-refractivity contribution in [2.75, 3.05) is 26.2 Å². The summed E-state index contributed by atoms with van der Waals surface area (Å²) in [6.07, 6.45) is 1.61. The van der Waals surface area contributed by atoms with E-state index in [1.807, 2.05) is 37.3 Å². The fourth-order valence-corrected chi connectivity index (χ4v) is 2.78. The SMILES string of the molecule is CCOC(=O)C1CC[NH+](CC(=O)NCc2ccccc2)CC1. The molecule has 0 radical (unpaired) electrons. The predicted molar refractivity (Wildman–Crippen MR) is 83.2 cm³/mol. The van der Waals surface area contributed by atoms with Crippen LogP contribution in [0.4, 0.5) is 0 Å². The van der Waals surface area contributed by atoms with Crippen molar-refractivity contribution in [3.05, 3.63) is 35.9 Å². The fourth-order valence-electron chi connectivity index (χ4n) is 2.78. The van der Waals surface area contributed by atoms with Crippen LogP contribution in [0, 0.1) is 5.92 Å². The van der Waals surface area contributed by atoms with Crippen molar-refractivity contribution in [1.82, 2.24) is 5.32 Å². The highest BCUT2D eigenvalue weighted by Gasteiger charge is 2.29. The van der Waals surface area contributed by atoms with Gasteiger partial charge in [0.1, 0.15) is 0 Å². The van der Waals surface area contributed by atoms with E-state index in [0.717, 1.165) is 31.5 Å². The molecule has 0 saturated carbocycles. The lowest BCUT2D eigenvalue weighted by atomic mass is 9.97. The lowest BCUT2D eigenvalue weighted by molar-refractivity contribution is -0.897. The van der Waals surface area contributed by atoms with Crippen LogP contribution in [0.5, 0.6) is 0 Å². The van der Waals surface area contributed by atoms with Gasteiger partial charge in [0.25, 0.3) is 5.91 Å². The van der Waals surface area contributed by atoms with E-state index in [9.17, 15) is 9.59 Å². The van der Waals surface area contributed by atoms with Gasteiger partial charge in [-0.25, -0.2) is 0 Å². The Kier molecular flexibility index (Phi) is 6.40. The molecular weight excluding hydrogens is 280 g/mol. The molecule has 1 fully saturated rings. The van der Waals surface area contributed by atoms with Crippen LogP contribution >= 0.6 is 0 Å². The van der Waals surface area contributed by atoms with Crippen LogP contribution in [0.3, 0.4) is 0 Å². The Bertz CT molecular complexity index is 482. The molecule has 1 heterocycles. The molecule has 1 aliphatic rings. The highest BCUT2D eigenvalue weighted by atomic mass is 16.5. The molecule has 0 bridgehead atoms. The predicted octanol–water partition coefficient (Wildman–Crippen LogP) is 0.161. The zero-order valence-corrected chi connectivity index (χ0v) is 13.1. The maximum Gasteiger partial charge on any atom is 0.309 e. The number of ether oxygens (including phenoxy) is 1. The quantitative estimate of drug-likeness (QED) is 0.736. The first-order valence-electron chi connectivity index (χ1n) is 8.00. The van der Waals surface area contributed by atoms with Gasteiger partial charge in [-0.15, -0.1) is 0 Å². The Labute approximate surface area is 131 Å². The van der Waals surface area contributed by atoms with Crippen molar-refractivity contribution in [2.45, 2.75) is 26.3 Å². The third-order valence-corrected chi connectivity index (χ3v) is 4.06. The maximum atomic E-state index is 12.0. The number of amides is 1. The van der Waals surface area contributed by atoms with E-state index in [0.29, 0.717) is 19.7 Å². The van der Waals surface area contributed by atoms with E-state index < -0.39 is 0 Å². The van der Waals surface area contributed by atoms with Crippen LogP contribution in [-0.4, -0.2) is 38.1 Å². The van der Waals surface area contributed by atoms with Gasteiger partial charge < -0.3 is 15.0 Å². The van der Waals surface area contributed by atoms with Crippen LogP contribution in [0.15, 0.2) is 30.3 Å². The number of piperidine rings is 1. The number of benzene rings is 1. The number of hydrogen-bond acceptors (Lipinski definition) is 3. The van der Waals surface area contributed by atoms with Gasteiger partial charge in [-0.1, -0.05) is 30.3 Å². The standard InChI is InChI=1S/C17H24N2O3/c1-2-22-17(21)15-8-10-19(11-9-15)13-16(20)18-12-14-6-4-3-5-7-14/h3-7,15H,2,8-13H2,1H3,(H,18,20)/p+1. The summed E-state index contributed by atoms with van der Waals surface area (Å²) in [5.74, 6) is -0.0143. The molecule has 1 aromatic carbocycles. The van der Waals surface area contributed by atoms with Gasteiger partial charge in [0, 0.05) is 19.4 Å². The van der Waals surface area contributed by atoms with E-state index in [1.165, 1.54) is 4.90 Å². The lowest BCUT2D eigenvalue weighted by Gasteiger charge is -2.27. The van der Waals surface area contributed by atoms with E-state index in [1.54, 1.807) is 0 Å². The molecule has 1 aliphatic heterocycles. The molecule has 120 valence electrons. The van der Waals surface area contributed by atoms with Crippen molar-refractivity contribution in [3.63, 3.8) is 0 Å². The number of quaternary nitrogens is 1. The molecule has 1 aromatic rings. The van der Waals surface area contributed by atoms with Crippen molar-refractivity contribution in [2.24, 2.45) is 5.92 Å². The summed E-state index contributed by atoms with van der Waals surface area (Å²) in [4.78, 5) is 24.9. The Morgan fingerprint density at radius 3 is 2.55 bits per heavy atom. The second-order valence-electron chi connectivity index (χ2n) is 5.72. The molecule has 0 aromatic heterocycles. The molecule has 0 unspecified atom stereocenters. The first-order chi connectivity index (χ1) is 10.7. The number of rotatable bonds is 6. The number of likely N-dealkylation sites (tertiary alicyclic amines) is 1. The molecule has 0 spiro atoms. The first kappa shape index (κ1) is 16.5. The Morgan fingerprint density at radius 2 is 1.91 bits per heavy atom. The second kappa shape index (κ2) is 8.54. The Balaban J connectivity index is 1.67. The van der Waals surface area contributed by atoms with Crippen molar-refractivity contribution in [1.29, 1.82) is 0 Å². The van der Waals surface area contributed by atoms with Gasteiger partial charge in [-0.05, 0) is 12.5 Å². The molecule has 5 heteroatoms. The minimum Gasteiger partial charge on any atom is -0.466 e. The number of nitrogens with one attached hydrogen (secondary N) is 2. The monoisotopic (exact) mass is 305 g/mol. The fraction of sp³-hybridized carbons (Fsp3) is 0.529. The number of hydrogen-bond donors (Lipinski definition) is 2. The van der Waals surface area contributed by atoms with Gasteiger partial charge in [-0.2, -0.15) is 0 Å². The van der Waals surface area contributed by atoms with Gasteiger partial charge in [0.2, 0.25) is 0 Å². The smallest absolute Gasteiger partial charge is 0.309 e.